The molecule has 1 saturated heterocycles. The van der Waals surface area contributed by atoms with Crippen LogP contribution in [0.5, 0.6) is 0 Å². The molecule has 5 rings (SSSR count). The summed E-state index contributed by atoms with van der Waals surface area (Å²) in [4.78, 5) is 2.59. The molecule has 0 spiro atoms. The SMILES string of the molecule is O=S1(=O)N=C(NC2CN(C(c3ccc(Cl)cc3)c3ccc(Cl)cc3)C2)c2ccccc21. The molecule has 31 heavy (non-hydrogen) atoms. The van der Waals surface area contributed by atoms with Gasteiger partial charge in [-0.2, -0.15) is 8.42 Å². The van der Waals surface area contributed by atoms with E-state index in [0.29, 0.717) is 21.4 Å². The van der Waals surface area contributed by atoms with Crippen molar-refractivity contribution < 1.29 is 8.42 Å². The van der Waals surface area contributed by atoms with Crippen molar-refractivity contribution in [1.82, 2.24) is 10.2 Å². The molecule has 1 N–H and O–H groups in total. The molecule has 2 heterocycles. The molecular formula is C23H19Cl2N3O2S. The van der Waals surface area contributed by atoms with E-state index in [9.17, 15) is 8.42 Å². The van der Waals surface area contributed by atoms with Gasteiger partial charge in [-0.25, -0.2) is 0 Å². The molecule has 1 fully saturated rings. The van der Waals surface area contributed by atoms with E-state index in [1.54, 1.807) is 18.2 Å². The Bertz CT molecular complexity index is 1210. The lowest BCUT2D eigenvalue weighted by molar-refractivity contribution is 0.104. The third-order valence-electron chi connectivity index (χ3n) is 5.62. The average Bonchev–Trinajstić information content (AvgIpc) is 2.99. The fourth-order valence-corrected chi connectivity index (χ4v) is 5.56. The first-order valence-electron chi connectivity index (χ1n) is 9.86. The number of benzene rings is 3. The summed E-state index contributed by atoms with van der Waals surface area (Å²) in [5, 5.41) is 4.71. The van der Waals surface area contributed by atoms with Crippen LogP contribution in [-0.2, 0) is 10.0 Å². The maximum Gasteiger partial charge on any atom is 0.285 e. The average molecular weight is 472 g/mol. The Hall–Kier alpha value is -2.38. The molecular weight excluding hydrogens is 453 g/mol. The molecule has 0 aliphatic carbocycles. The smallest absolute Gasteiger partial charge is 0.285 e. The summed E-state index contributed by atoms with van der Waals surface area (Å²) in [6.07, 6.45) is 0. The number of sulfonamides is 1. The van der Waals surface area contributed by atoms with Gasteiger partial charge in [-0.3, -0.25) is 4.90 Å². The summed E-state index contributed by atoms with van der Waals surface area (Å²) in [6, 6.07) is 22.8. The summed E-state index contributed by atoms with van der Waals surface area (Å²) in [5.74, 6) is 0.426. The summed E-state index contributed by atoms with van der Waals surface area (Å²) < 4.78 is 28.5. The quantitative estimate of drug-likeness (QED) is 0.607. The number of hydrogen-bond acceptors (Lipinski definition) is 4. The molecule has 3 aromatic carbocycles. The molecule has 0 amide bonds. The van der Waals surface area contributed by atoms with Crippen LogP contribution < -0.4 is 5.32 Å². The van der Waals surface area contributed by atoms with Crippen molar-refractivity contribution in [3.05, 3.63) is 99.5 Å². The zero-order valence-corrected chi connectivity index (χ0v) is 18.7. The normalized spacial score (nSPS) is 17.8. The lowest BCUT2D eigenvalue weighted by atomic mass is 9.93. The minimum absolute atomic E-state index is 0.0501. The lowest BCUT2D eigenvalue weighted by Gasteiger charge is -2.45. The number of nitrogens with one attached hydrogen (secondary N) is 1. The van der Waals surface area contributed by atoms with E-state index in [1.807, 2.05) is 54.6 Å². The molecule has 0 atom stereocenters. The fourth-order valence-electron chi connectivity index (χ4n) is 4.12. The second-order valence-corrected chi connectivity index (χ2v) is 10.2. The molecule has 0 bridgehead atoms. The highest BCUT2D eigenvalue weighted by Crippen LogP contribution is 2.34. The Balaban J connectivity index is 1.36. The van der Waals surface area contributed by atoms with E-state index in [0.717, 1.165) is 24.2 Å². The first kappa shape index (κ1) is 20.5. The Kier molecular flexibility index (Phi) is 5.26. The topological polar surface area (TPSA) is 61.8 Å². The van der Waals surface area contributed by atoms with Gasteiger partial charge in [0.05, 0.1) is 12.1 Å². The molecule has 5 nitrogen and oxygen atoms in total. The van der Waals surface area contributed by atoms with Crippen LogP contribution >= 0.6 is 23.2 Å². The van der Waals surface area contributed by atoms with Crippen molar-refractivity contribution in [2.45, 2.75) is 17.0 Å². The largest absolute Gasteiger partial charge is 0.364 e. The maximum absolute atomic E-state index is 12.3. The zero-order valence-electron chi connectivity index (χ0n) is 16.4. The van der Waals surface area contributed by atoms with Gasteiger partial charge in [0.25, 0.3) is 10.0 Å². The summed E-state index contributed by atoms with van der Waals surface area (Å²) in [6.45, 7) is 1.49. The maximum atomic E-state index is 12.3. The molecule has 0 unspecified atom stereocenters. The second-order valence-electron chi connectivity index (χ2n) is 7.71. The van der Waals surface area contributed by atoms with Crippen LogP contribution in [0.1, 0.15) is 22.7 Å². The van der Waals surface area contributed by atoms with Crippen LogP contribution in [0.2, 0.25) is 10.0 Å². The van der Waals surface area contributed by atoms with Gasteiger partial charge >= 0.3 is 0 Å². The number of amidine groups is 1. The Morgan fingerprint density at radius 3 is 2.00 bits per heavy atom. The van der Waals surface area contributed by atoms with Gasteiger partial charge in [0, 0.05) is 28.7 Å². The molecule has 0 radical (unpaired) electrons. The van der Waals surface area contributed by atoms with Crippen molar-refractivity contribution in [1.29, 1.82) is 0 Å². The Labute approximate surface area is 191 Å². The minimum atomic E-state index is -3.62. The summed E-state index contributed by atoms with van der Waals surface area (Å²) >= 11 is 12.2. The highest BCUT2D eigenvalue weighted by atomic mass is 35.5. The van der Waals surface area contributed by atoms with Gasteiger partial charge in [-0.15, -0.1) is 4.40 Å². The van der Waals surface area contributed by atoms with E-state index >= 15 is 0 Å². The van der Waals surface area contributed by atoms with Gasteiger partial charge in [-0.1, -0.05) is 59.6 Å². The predicted molar refractivity (Wildman–Crippen MR) is 123 cm³/mol. The Morgan fingerprint density at radius 2 is 1.42 bits per heavy atom. The lowest BCUT2D eigenvalue weighted by Crippen LogP contribution is -2.60. The number of halogens is 2. The van der Waals surface area contributed by atoms with E-state index < -0.39 is 10.0 Å². The van der Waals surface area contributed by atoms with E-state index in [1.165, 1.54) is 0 Å². The second kappa shape index (κ2) is 7.95. The predicted octanol–water partition coefficient (Wildman–Crippen LogP) is 4.51. The van der Waals surface area contributed by atoms with Gasteiger partial charge in [0.1, 0.15) is 10.7 Å². The monoisotopic (exact) mass is 471 g/mol. The summed E-state index contributed by atoms with van der Waals surface area (Å²) in [7, 11) is -3.62. The van der Waals surface area contributed by atoms with Gasteiger partial charge in [0.2, 0.25) is 0 Å². The number of fused-ring (bicyclic) bond motifs is 1. The number of rotatable bonds is 4. The molecule has 3 aromatic rings. The van der Waals surface area contributed by atoms with E-state index in [2.05, 4.69) is 14.6 Å². The standard InChI is InChI=1S/C23H19Cl2N3O2S/c24-17-9-5-15(6-10-17)22(16-7-11-18(25)12-8-16)28-13-19(14-28)26-23-20-3-1-2-4-21(20)31(29,30)27-23/h1-12,19,22H,13-14H2,(H,26,27). The summed E-state index contributed by atoms with van der Waals surface area (Å²) in [5.41, 5.74) is 2.90. The van der Waals surface area contributed by atoms with Crippen LogP contribution in [0.15, 0.2) is 82.1 Å². The molecule has 2 aliphatic heterocycles. The van der Waals surface area contributed by atoms with Gasteiger partial charge in [-0.05, 0) is 47.5 Å². The molecule has 0 aromatic heterocycles. The van der Waals surface area contributed by atoms with Crippen LogP contribution in [0.25, 0.3) is 0 Å². The van der Waals surface area contributed by atoms with E-state index in [-0.39, 0.29) is 17.0 Å². The van der Waals surface area contributed by atoms with Crippen LogP contribution in [-0.4, -0.2) is 38.3 Å². The van der Waals surface area contributed by atoms with Gasteiger partial charge < -0.3 is 5.32 Å². The molecule has 0 saturated carbocycles. The number of hydrogen-bond donors (Lipinski definition) is 1. The van der Waals surface area contributed by atoms with E-state index in [4.69, 9.17) is 23.2 Å². The Morgan fingerprint density at radius 1 is 0.871 bits per heavy atom. The minimum Gasteiger partial charge on any atom is -0.364 e. The van der Waals surface area contributed by atoms with Crippen molar-refractivity contribution >= 4 is 39.1 Å². The highest BCUT2D eigenvalue weighted by Gasteiger charge is 2.37. The van der Waals surface area contributed by atoms with Crippen molar-refractivity contribution in [2.75, 3.05) is 13.1 Å². The zero-order chi connectivity index (χ0) is 21.6. The van der Waals surface area contributed by atoms with Crippen molar-refractivity contribution in [3.8, 4) is 0 Å². The molecule has 158 valence electrons. The molecule has 2 aliphatic rings. The van der Waals surface area contributed by atoms with Crippen LogP contribution in [0, 0.1) is 0 Å². The van der Waals surface area contributed by atoms with Crippen molar-refractivity contribution in [3.63, 3.8) is 0 Å². The highest BCUT2D eigenvalue weighted by molar-refractivity contribution is 7.90. The number of likely N-dealkylation sites (tertiary alicyclic amines) is 1. The van der Waals surface area contributed by atoms with Crippen molar-refractivity contribution in [2.24, 2.45) is 4.40 Å². The van der Waals surface area contributed by atoms with Gasteiger partial charge in [0.15, 0.2) is 0 Å². The fraction of sp³-hybridized carbons (Fsp3) is 0.174. The number of nitrogens with zero attached hydrogens (tertiary/aromatic N) is 2. The first-order chi connectivity index (χ1) is 14.9. The van der Waals surface area contributed by atoms with Crippen LogP contribution in [0.4, 0.5) is 0 Å². The third-order valence-corrected chi connectivity index (χ3v) is 7.46. The van der Waals surface area contributed by atoms with Crippen LogP contribution in [0.3, 0.4) is 0 Å². The molecule has 8 heteroatoms. The third kappa shape index (κ3) is 3.96. The first-order valence-corrected chi connectivity index (χ1v) is 12.1.